The lowest BCUT2D eigenvalue weighted by molar-refractivity contribution is -0.0843. The Morgan fingerprint density at radius 2 is 1.81 bits per heavy atom. The standard InChI is InChI=1S/C24H38N4O3/c1-15(2)8-17(9-16(3)4)14-27-23(30)28-18-10-24(11-18)12-19(13-24)31-22-20(21(25)29)6-5-7-26-22/h5-7,15-19H,8-14H2,1-4H3,(H2,25,29)(H2,27,28,30)/t18-,19-,24?. The van der Waals surface area contributed by atoms with Gasteiger partial charge in [0.05, 0.1) is 0 Å². The van der Waals surface area contributed by atoms with E-state index >= 15 is 0 Å². The molecule has 2 fully saturated rings. The summed E-state index contributed by atoms with van der Waals surface area (Å²) in [5.41, 5.74) is 5.96. The van der Waals surface area contributed by atoms with Crippen LogP contribution in [0.2, 0.25) is 0 Å². The molecule has 2 aliphatic rings. The molecule has 3 rings (SSSR count). The van der Waals surface area contributed by atoms with Crippen LogP contribution in [0.15, 0.2) is 18.3 Å². The summed E-state index contributed by atoms with van der Waals surface area (Å²) >= 11 is 0. The normalized spacial score (nSPS) is 24.7. The number of aromatic nitrogens is 1. The van der Waals surface area contributed by atoms with Crippen LogP contribution in [0.3, 0.4) is 0 Å². The molecule has 3 amide bonds. The van der Waals surface area contributed by atoms with Crippen LogP contribution in [-0.2, 0) is 0 Å². The summed E-state index contributed by atoms with van der Waals surface area (Å²) < 4.78 is 5.91. The van der Waals surface area contributed by atoms with Gasteiger partial charge in [-0.2, -0.15) is 0 Å². The van der Waals surface area contributed by atoms with E-state index in [1.54, 1.807) is 18.3 Å². The minimum Gasteiger partial charge on any atom is -0.474 e. The minimum atomic E-state index is -0.528. The van der Waals surface area contributed by atoms with Gasteiger partial charge in [-0.05, 0) is 73.8 Å². The molecule has 0 aliphatic heterocycles. The fraction of sp³-hybridized carbons (Fsp3) is 0.708. The third-order valence-electron chi connectivity index (χ3n) is 6.49. The van der Waals surface area contributed by atoms with E-state index in [1.807, 2.05) is 0 Å². The topological polar surface area (TPSA) is 106 Å². The van der Waals surface area contributed by atoms with Crippen molar-refractivity contribution in [3.63, 3.8) is 0 Å². The van der Waals surface area contributed by atoms with Gasteiger partial charge in [-0.15, -0.1) is 0 Å². The fourth-order valence-electron chi connectivity index (χ4n) is 5.31. The molecule has 0 unspecified atom stereocenters. The molecule has 0 atom stereocenters. The van der Waals surface area contributed by atoms with Crippen LogP contribution < -0.4 is 21.1 Å². The van der Waals surface area contributed by atoms with Crippen molar-refractivity contribution in [3.05, 3.63) is 23.9 Å². The predicted molar refractivity (Wildman–Crippen MR) is 121 cm³/mol. The van der Waals surface area contributed by atoms with E-state index in [2.05, 4.69) is 43.3 Å². The Bertz CT molecular complexity index is 756. The second-order valence-corrected chi connectivity index (χ2v) is 10.5. The molecule has 4 N–H and O–H groups in total. The number of hydrogen-bond acceptors (Lipinski definition) is 4. The maximum atomic E-state index is 12.3. The first kappa shape index (κ1) is 23.4. The van der Waals surface area contributed by atoms with Crippen molar-refractivity contribution >= 4 is 11.9 Å². The van der Waals surface area contributed by atoms with E-state index in [-0.39, 0.29) is 23.6 Å². The second-order valence-electron chi connectivity index (χ2n) is 10.5. The Morgan fingerprint density at radius 1 is 1.16 bits per heavy atom. The van der Waals surface area contributed by atoms with Gasteiger partial charge in [-0.1, -0.05) is 27.7 Å². The van der Waals surface area contributed by atoms with E-state index in [9.17, 15) is 9.59 Å². The first-order valence-corrected chi connectivity index (χ1v) is 11.6. The number of ether oxygens (including phenoxy) is 1. The highest BCUT2D eigenvalue weighted by atomic mass is 16.5. The lowest BCUT2D eigenvalue weighted by Crippen LogP contribution is -2.60. The molecule has 1 aromatic heterocycles. The number of rotatable bonds is 10. The van der Waals surface area contributed by atoms with Crippen molar-refractivity contribution in [2.75, 3.05) is 6.54 Å². The lowest BCUT2D eigenvalue weighted by Gasteiger charge is -2.57. The molecule has 0 radical (unpaired) electrons. The van der Waals surface area contributed by atoms with Crippen LogP contribution in [0, 0.1) is 23.2 Å². The number of primary amides is 1. The smallest absolute Gasteiger partial charge is 0.315 e. The SMILES string of the molecule is CC(C)CC(CNC(=O)N[C@H]1CC2(C1)C[C@H](Oc1ncccc1C(N)=O)C2)CC(C)C. The van der Waals surface area contributed by atoms with Crippen LogP contribution >= 0.6 is 0 Å². The van der Waals surface area contributed by atoms with Crippen LogP contribution in [0.5, 0.6) is 5.88 Å². The van der Waals surface area contributed by atoms with Crippen LogP contribution in [-0.4, -0.2) is 35.6 Å². The number of pyridine rings is 1. The number of amides is 3. The molecule has 7 nitrogen and oxygen atoms in total. The molecule has 0 saturated heterocycles. The van der Waals surface area contributed by atoms with Gasteiger partial charge in [0.25, 0.3) is 5.91 Å². The van der Waals surface area contributed by atoms with Gasteiger partial charge in [-0.3, -0.25) is 4.79 Å². The van der Waals surface area contributed by atoms with Crippen molar-refractivity contribution in [3.8, 4) is 5.88 Å². The van der Waals surface area contributed by atoms with E-state index in [0.717, 1.165) is 45.1 Å². The van der Waals surface area contributed by atoms with E-state index in [0.29, 0.717) is 29.2 Å². The monoisotopic (exact) mass is 430 g/mol. The fourth-order valence-corrected chi connectivity index (χ4v) is 5.31. The van der Waals surface area contributed by atoms with Crippen LogP contribution in [0.4, 0.5) is 4.79 Å². The van der Waals surface area contributed by atoms with Gasteiger partial charge in [0, 0.05) is 18.8 Å². The van der Waals surface area contributed by atoms with Crippen molar-refractivity contribution in [1.82, 2.24) is 15.6 Å². The molecule has 172 valence electrons. The van der Waals surface area contributed by atoms with Gasteiger partial charge in [0.15, 0.2) is 0 Å². The Balaban J connectivity index is 1.36. The molecule has 1 aromatic rings. The first-order valence-electron chi connectivity index (χ1n) is 11.6. The van der Waals surface area contributed by atoms with Gasteiger partial charge in [0.2, 0.25) is 5.88 Å². The van der Waals surface area contributed by atoms with E-state index in [4.69, 9.17) is 10.5 Å². The molecule has 2 saturated carbocycles. The molecule has 31 heavy (non-hydrogen) atoms. The zero-order chi connectivity index (χ0) is 22.6. The van der Waals surface area contributed by atoms with E-state index < -0.39 is 5.91 Å². The van der Waals surface area contributed by atoms with Crippen molar-refractivity contribution in [2.45, 2.75) is 78.4 Å². The number of hydrogen-bond donors (Lipinski definition) is 3. The Morgan fingerprint density at radius 3 is 2.39 bits per heavy atom. The van der Waals surface area contributed by atoms with Crippen molar-refractivity contribution in [1.29, 1.82) is 0 Å². The summed E-state index contributed by atoms with van der Waals surface area (Å²) in [4.78, 5) is 28.0. The molecule has 2 aliphatic carbocycles. The molecular formula is C24H38N4O3. The summed E-state index contributed by atoms with van der Waals surface area (Å²) in [5, 5.41) is 6.21. The maximum absolute atomic E-state index is 12.3. The zero-order valence-electron chi connectivity index (χ0n) is 19.3. The summed E-state index contributed by atoms with van der Waals surface area (Å²) in [7, 11) is 0. The van der Waals surface area contributed by atoms with Crippen molar-refractivity contribution < 1.29 is 14.3 Å². The first-order chi connectivity index (χ1) is 14.7. The summed E-state index contributed by atoms with van der Waals surface area (Å²) in [6.45, 7) is 9.68. The maximum Gasteiger partial charge on any atom is 0.315 e. The van der Waals surface area contributed by atoms with Gasteiger partial charge in [-0.25, -0.2) is 9.78 Å². The number of nitrogens with two attached hydrogens (primary N) is 1. The van der Waals surface area contributed by atoms with E-state index in [1.165, 1.54) is 0 Å². The third kappa shape index (κ3) is 6.34. The van der Waals surface area contributed by atoms with Crippen LogP contribution in [0.25, 0.3) is 0 Å². The third-order valence-corrected chi connectivity index (χ3v) is 6.49. The number of carbonyl (C=O) groups is 2. The second kappa shape index (κ2) is 9.88. The summed E-state index contributed by atoms with van der Waals surface area (Å²) in [6, 6.07) is 3.49. The molecule has 7 heteroatoms. The Kier molecular flexibility index (Phi) is 7.44. The predicted octanol–water partition coefficient (Wildman–Crippen LogP) is 3.88. The van der Waals surface area contributed by atoms with Gasteiger partial charge >= 0.3 is 6.03 Å². The molecule has 0 bridgehead atoms. The largest absolute Gasteiger partial charge is 0.474 e. The van der Waals surface area contributed by atoms with Crippen LogP contribution in [0.1, 0.15) is 76.6 Å². The zero-order valence-corrected chi connectivity index (χ0v) is 19.3. The number of nitrogens with one attached hydrogen (secondary N) is 2. The molecule has 0 aromatic carbocycles. The lowest BCUT2D eigenvalue weighted by atomic mass is 9.53. The molecule has 1 heterocycles. The average molecular weight is 431 g/mol. The average Bonchev–Trinajstić information content (AvgIpc) is 2.62. The number of nitrogens with zero attached hydrogens (tertiary/aromatic N) is 1. The highest BCUT2D eigenvalue weighted by Crippen LogP contribution is 2.56. The number of carbonyl (C=O) groups excluding carboxylic acids is 2. The Labute approximate surface area is 185 Å². The summed E-state index contributed by atoms with van der Waals surface area (Å²) in [6.07, 6.45) is 7.74. The summed E-state index contributed by atoms with van der Waals surface area (Å²) in [5.74, 6) is 1.60. The van der Waals surface area contributed by atoms with Gasteiger partial charge in [0.1, 0.15) is 11.7 Å². The molecular weight excluding hydrogens is 392 g/mol. The van der Waals surface area contributed by atoms with Crippen molar-refractivity contribution in [2.24, 2.45) is 28.9 Å². The highest BCUT2D eigenvalue weighted by Gasteiger charge is 2.54. The Hall–Kier alpha value is -2.31. The molecule has 1 spiro atoms. The van der Waals surface area contributed by atoms with Gasteiger partial charge < -0.3 is 21.1 Å². The number of urea groups is 1. The quantitative estimate of drug-likeness (QED) is 0.524. The highest BCUT2D eigenvalue weighted by molar-refractivity contribution is 5.94. The minimum absolute atomic E-state index is 0.0515.